The molecule has 1 N–H and O–H groups in total. The second kappa shape index (κ2) is 8.93. The first kappa shape index (κ1) is 16.9. The lowest BCUT2D eigenvalue weighted by Crippen LogP contribution is -2.22. The number of non-ortho nitro benzene ring substituents is 1. The van der Waals surface area contributed by atoms with Gasteiger partial charge < -0.3 is 10.1 Å². The predicted octanol–water partition coefficient (Wildman–Crippen LogP) is 3.17. The van der Waals surface area contributed by atoms with E-state index >= 15 is 0 Å². The van der Waals surface area contributed by atoms with Crippen molar-refractivity contribution in [2.75, 3.05) is 6.61 Å². The van der Waals surface area contributed by atoms with Crippen molar-refractivity contribution in [2.24, 2.45) is 0 Å². The molecule has 0 bridgehead atoms. The Kier molecular flexibility index (Phi) is 7.19. The van der Waals surface area contributed by atoms with Crippen molar-refractivity contribution in [2.45, 2.75) is 45.7 Å². The van der Waals surface area contributed by atoms with Crippen LogP contribution in [0.1, 0.15) is 38.7 Å². The zero-order valence-electron chi connectivity index (χ0n) is 12.5. The maximum absolute atomic E-state index is 10.8. The molecule has 6 heteroatoms. The fraction of sp³-hybridized carbons (Fsp3) is 0.533. The summed E-state index contributed by atoms with van der Waals surface area (Å²) in [7, 11) is 0. The Balaban J connectivity index is 2.71. The van der Waals surface area contributed by atoms with Crippen LogP contribution in [0.2, 0.25) is 0 Å². The van der Waals surface area contributed by atoms with Gasteiger partial charge in [-0.15, -0.1) is 0 Å². The van der Waals surface area contributed by atoms with Crippen molar-refractivity contribution < 1.29 is 9.66 Å². The van der Waals surface area contributed by atoms with Crippen LogP contribution in [0.5, 0.6) is 5.75 Å². The van der Waals surface area contributed by atoms with E-state index in [-0.39, 0.29) is 11.7 Å². The van der Waals surface area contributed by atoms with Gasteiger partial charge >= 0.3 is 0 Å². The third-order valence-electron chi connectivity index (χ3n) is 2.90. The summed E-state index contributed by atoms with van der Waals surface area (Å²) in [4.78, 5) is 10.4. The highest BCUT2D eigenvalue weighted by molar-refractivity contribution is 5.43. The molecule has 0 aliphatic carbocycles. The maximum atomic E-state index is 10.8. The van der Waals surface area contributed by atoms with Crippen molar-refractivity contribution in [1.82, 2.24) is 5.32 Å². The number of hydrogen-bond donors (Lipinski definition) is 1. The molecule has 0 amide bonds. The van der Waals surface area contributed by atoms with Crippen molar-refractivity contribution in [3.8, 4) is 11.8 Å². The van der Waals surface area contributed by atoms with Crippen LogP contribution in [0.25, 0.3) is 0 Å². The van der Waals surface area contributed by atoms with Crippen molar-refractivity contribution in [1.29, 1.82) is 5.26 Å². The topological polar surface area (TPSA) is 88.2 Å². The van der Waals surface area contributed by atoms with Crippen molar-refractivity contribution >= 4 is 5.69 Å². The molecule has 21 heavy (non-hydrogen) atoms. The minimum atomic E-state index is -0.407. The van der Waals surface area contributed by atoms with Gasteiger partial charge in [0.25, 0.3) is 5.69 Å². The molecule has 1 aromatic carbocycles. The quantitative estimate of drug-likeness (QED) is 0.429. The van der Waals surface area contributed by atoms with E-state index in [4.69, 9.17) is 10.00 Å². The van der Waals surface area contributed by atoms with Gasteiger partial charge in [-0.1, -0.05) is 13.8 Å². The van der Waals surface area contributed by atoms with E-state index in [1.54, 1.807) is 12.1 Å². The van der Waals surface area contributed by atoms with Gasteiger partial charge in [-0.2, -0.15) is 5.26 Å². The lowest BCUT2D eigenvalue weighted by atomic mass is 10.1. The minimum Gasteiger partial charge on any atom is -0.493 e. The summed E-state index contributed by atoms with van der Waals surface area (Å²) in [5, 5.41) is 22.6. The summed E-state index contributed by atoms with van der Waals surface area (Å²) in [5.41, 5.74) is 0.838. The number of benzene rings is 1. The zero-order valence-corrected chi connectivity index (χ0v) is 12.5. The average molecular weight is 291 g/mol. The van der Waals surface area contributed by atoms with Gasteiger partial charge in [-0.3, -0.25) is 10.1 Å². The molecule has 0 saturated heterocycles. The number of nitro benzene ring substituents is 1. The molecule has 0 spiro atoms. The zero-order chi connectivity index (χ0) is 15.7. The first-order valence-electron chi connectivity index (χ1n) is 7.05. The molecule has 0 atom stereocenters. The minimum absolute atomic E-state index is 0.0624. The first-order chi connectivity index (χ1) is 10.0. The van der Waals surface area contributed by atoms with Gasteiger partial charge in [0, 0.05) is 36.7 Å². The van der Waals surface area contributed by atoms with Crippen molar-refractivity contribution in [3.63, 3.8) is 0 Å². The summed E-state index contributed by atoms with van der Waals surface area (Å²) >= 11 is 0. The van der Waals surface area contributed by atoms with Gasteiger partial charge in [0.1, 0.15) is 5.75 Å². The van der Waals surface area contributed by atoms with Gasteiger partial charge in [0.15, 0.2) is 0 Å². The Morgan fingerprint density at radius 3 is 2.81 bits per heavy atom. The molecule has 1 rings (SSSR count). The normalized spacial score (nSPS) is 10.4. The van der Waals surface area contributed by atoms with Crippen LogP contribution in [0.3, 0.4) is 0 Å². The number of nitrogens with zero attached hydrogens (tertiary/aromatic N) is 2. The molecule has 0 heterocycles. The van der Waals surface area contributed by atoms with Crippen LogP contribution in [-0.2, 0) is 6.54 Å². The van der Waals surface area contributed by atoms with E-state index in [1.807, 2.05) is 13.8 Å². The number of nitriles is 1. The number of unbranched alkanes of at least 4 members (excludes halogenated alkanes) is 2. The van der Waals surface area contributed by atoms with Crippen LogP contribution in [0.4, 0.5) is 5.69 Å². The Morgan fingerprint density at radius 1 is 1.43 bits per heavy atom. The number of rotatable bonds is 9. The molecule has 0 saturated carbocycles. The number of ether oxygens (including phenoxy) is 1. The van der Waals surface area contributed by atoms with Crippen molar-refractivity contribution in [3.05, 3.63) is 33.9 Å². The highest BCUT2D eigenvalue weighted by Crippen LogP contribution is 2.24. The molecule has 0 aliphatic heterocycles. The SMILES string of the molecule is CC(C)NCc1cc([N+](=O)[O-])ccc1OCCCCC#N. The van der Waals surface area contributed by atoms with E-state index in [0.29, 0.717) is 25.3 Å². The highest BCUT2D eigenvalue weighted by atomic mass is 16.6. The second-order valence-electron chi connectivity index (χ2n) is 5.05. The van der Waals surface area contributed by atoms with E-state index in [2.05, 4.69) is 11.4 Å². The lowest BCUT2D eigenvalue weighted by molar-refractivity contribution is -0.384. The Labute approximate surface area is 124 Å². The fourth-order valence-corrected chi connectivity index (χ4v) is 1.76. The van der Waals surface area contributed by atoms with Gasteiger partial charge in [0.2, 0.25) is 0 Å². The largest absolute Gasteiger partial charge is 0.493 e. The van der Waals surface area contributed by atoms with Gasteiger partial charge in [0.05, 0.1) is 17.6 Å². The molecular weight excluding hydrogens is 270 g/mol. The summed E-state index contributed by atoms with van der Waals surface area (Å²) in [5.74, 6) is 0.658. The average Bonchev–Trinajstić information content (AvgIpc) is 2.45. The number of hydrogen-bond acceptors (Lipinski definition) is 5. The third kappa shape index (κ3) is 6.23. The molecule has 1 aromatic rings. The van der Waals surface area contributed by atoms with Gasteiger partial charge in [-0.05, 0) is 18.9 Å². The maximum Gasteiger partial charge on any atom is 0.270 e. The van der Waals surface area contributed by atoms with Crippen LogP contribution in [0, 0.1) is 21.4 Å². The number of nitrogens with one attached hydrogen (secondary N) is 1. The predicted molar refractivity (Wildman–Crippen MR) is 80.0 cm³/mol. The summed E-state index contributed by atoms with van der Waals surface area (Å²) in [6.07, 6.45) is 2.11. The third-order valence-corrected chi connectivity index (χ3v) is 2.90. The van der Waals surface area contributed by atoms with E-state index < -0.39 is 4.92 Å². The van der Waals surface area contributed by atoms with Gasteiger partial charge in [-0.25, -0.2) is 0 Å². The van der Waals surface area contributed by atoms with E-state index in [9.17, 15) is 10.1 Å². The Hall–Kier alpha value is -2.13. The molecule has 6 nitrogen and oxygen atoms in total. The molecule has 0 radical (unpaired) electrons. The smallest absolute Gasteiger partial charge is 0.270 e. The molecule has 0 aromatic heterocycles. The monoisotopic (exact) mass is 291 g/mol. The lowest BCUT2D eigenvalue weighted by Gasteiger charge is -2.13. The molecule has 0 unspecified atom stereocenters. The van der Waals surface area contributed by atoms with Crippen LogP contribution >= 0.6 is 0 Å². The molecule has 114 valence electrons. The van der Waals surface area contributed by atoms with Crippen LogP contribution in [0.15, 0.2) is 18.2 Å². The number of nitro groups is 1. The molecular formula is C15H21N3O3. The summed E-state index contributed by atoms with van der Waals surface area (Å²) < 4.78 is 5.68. The Bertz CT molecular complexity index is 509. The Morgan fingerprint density at radius 2 is 2.19 bits per heavy atom. The fourth-order valence-electron chi connectivity index (χ4n) is 1.76. The second-order valence-corrected chi connectivity index (χ2v) is 5.05. The standard InChI is InChI=1S/C15H21N3O3/c1-12(2)17-11-13-10-14(18(19)20)6-7-15(13)21-9-5-3-4-8-16/h6-7,10,12,17H,3-5,9,11H2,1-2H3. The summed E-state index contributed by atoms with van der Waals surface area (Å²) in [6.45, 7) is 5.06. The first-order valence-corrected chi connectivity index (χ1v) is 7.05. The van der Waals surface area contributed by atoms with E-state index in [1.165, 1.54) is 6.07 Å². The highest BCUT2D eigenvalue weighted by Gasteiger charge is 2.12. The van der Waals surface area contributed by atoms with Crippen LogP contribution in [-0.4, -0.2) is 17.6 Å². The summed E-state index contributed by atoms with van der Waals surface area (Å²) in [6, 6.07) is 7.00. The molecule has 0 aliphatic rings. The molecule has 0 fully saturated rings. The van der Waals surface area contributed by atoms with E-state index in [0.717, 1.165) is 18.4 Å². The van der Waals surface area contributed by atoms with Crippen LogP contribution < -0.4 is 10.1 Å².